The normalized spacial score (nSPS) is 20.3. The van der Waals surface area contributed by atoms with E-state index < -0.39 is 0 Å². The van der Waals surface area contributed by atoms with Crippen molar-refractivity contribution in [2.75, 3.05) is 0 Å². The van der Waals surface area contributed by atoms with Gasteiger partial charge >= 0.3 is 0 Å². The summed E-state index contributed by atoms with van der Waals surface area (Å²) in [5.41, 5.74) is 0.823. The third-order valence-electron chi connectivity index (χ3n) is 1.89. The molecule has 0 aromatic rings. The van der Waals surface area contributed by atoms with Gasteiger partial charge in [-0.15, -0.1) is 0 Å². The van der Waals surface area contributed by atoms with Crippen LogP contribution in [0.25, 0.3) is 0 Å². The van der Waals surface area contributed by atoms with Gasteiger partial charge in [-0.05, 0) is 17.0 Å². The molecule has 0 nitrogen and oxygen atoms in total. The van der Waals surface area contributed by atoms with Gasteiger partial charge in [-0.1, -0.05) is 45.1 Å². The molecule has 0 amide bonds. The molecule has 0 bridgehead atoms. The van der Waals surface area contributed by atoms with E-state index in [4.69, 9.17) is 0 Å². The van der Waals surface area contributed by atoms with Crippen LogP contribution in [0.4, 0.5) is 0 Å². The monoisotopic (exact) mass is 166 g/mol. The van der Waals surface area contributed by atoms with Crippen LogP contribution in [0.15, 0.2) is 24.3 Å². The first-order valence-corrected chi connectivity index (χ1v) is 5.94. The Balaban J connectivity index is 2.43. The molecule has 0 N–H and O–H groups in total. The second-order valence-electron chi connectivity index (χ2n) is 4.52. The molecule has 0 atom stereocenters. The Morgan fingerprint density at radius 1 is 1.18 bits per heavy atom. The van der Waals surface area contributed by atoms with Gasteiger partial charge in [0.15, 0.2) is 0 Å². The van der Waals surface area contributed by atoms with Crippen LogP contribution in [0.2, 0.25) is 10.6 Å². The number of rotatable bonds is 1. The van der Waals surface area contributed by atoms with Crippen molar-refractivity contribution in [2.45, 2.75) is 37.8 Å². The maximum atomic E-state index is 2.39. The summed E-state index contributed by atoms with van der Waals surface area (Å²) in [6, 6.07) is 0. The van der Waals surface area contributed by atoms with Crippen molar-refractivity contribution < 1.29 is 0 Å². The minimum Gasteiger partial charge on any atom is -0.0847 e. The summed E-state index contributed by atoms with van der Waals surface area (Å²) in [5.74, 6) is 0. The van der Waals surface area contributed by atoms with E-state index >= 15 is 0 Å². The summed E-state index contributed by atoms with van der Waals surface area (Å²) < 4.78 is 0. The zero-order chi connectivity index (χ0) is 8.32. The molecule has 0 saturated carbocycles. The molecular formula is C10H18Si. The average Bonchev–Trinajstić information content (AvgIpc) is 1.85. The van der Waals surface area contributed by atoms with Gasteiger partial charge in [-0.2, -0.15) is 0 Å². The highest BCUT2D eigenvalue weighted by molar-refractivity contribution is 6.43. The Bertz CT molecular complexity index is 160. The fourth-order valence-electron chi connectivity index (χ4n) is 1.49. The number of hydrogen-bond donors (Lipinski definition) is 0. The third-order valence-corrected chi connectivity index (χ3v) is 4.13. The first kappa shape index (κ1) is 8.79. The average molecular weight is 166 g/mol. The predicted octanol–water partition coefficient (Wildman–Crippen LogP) is 2.68. The van der Waals surface area contributed by atoms with E-state index in [1.165, 1.54) is 0 Å². The standard InChI is InChI=1S/C10H18Si/c1-10(2,3)11-9-7-5-4-6-8-9/h5-9H,4,11H2,1-3H3. The van der Waals surface area contributed by atoms with Gasteiger partial charge in [0, 0.05) is 9.52 Å². The van der Waals surface area contributed by atoms with Crippen molar-refractivity contribution in [2.24, 2.45) is 0 Å². The van der Waals surface area contributed by atoms with E-state index in [1.54, 1.807) is 0 Å². The molecule has 62 valence electrons. The first-order valence-electron chi connectivity index (χ1n) is 4.41. The van der Waals surface area contributed by atoms with Crippen molar-refractivity contribution in [1.82, 2.24) is 0 Å². The zero-order valence-electron chi connectivity index (χ0n) is 7.80. The van der Waals surface area contributed by atoms with Crippen molar-refractivity contribution >= 4 is 9.52 Å². The van der Waals surface area contributed by atoms with Crippen molar-refractivity contribution in [3.63, 3.8) is 0 Å². The highest BCUT2D eigenvalue weighted by Crippen LogP contribution is 2.28. The van der Waals surface area contributed by atoms with E-state index in [2.05, 4.69) is 45.1 Å². The molecule has 0 fully saturated rings. The molecule has 0 spiro atoms. The molecular weight excluding hydrogens is 148 g/mol. The molecule has 1 aliphatic rings. The second-order valence-corrected chi connectivity index (χ2v) is 7.99. The molecule has 0 heterocycles. The Hall–Kier alpha value is -0.303. The smallest absolute Gasteiger partial charge is 0.0385 e. The molecule has 0 saturated heterocycles. The van der Waals surface area contributed by atoms with Gasteiger partial charge in [0.25, 0.3) is 0 Å². The van der Waals surface area contributed by atoms with E-state index in [1.807, 2.05) is 0 Å². The zero-order valence-corrected chi connectivity index (χ0v) is 9.22. The summed E-state index contributed by atoms with van der Waals surface area (Å²) in [6.45, 7) is 7.07. The molecule has 1 rings (SSSR count). The van der Waals surface area contributed by atoms with Gasteiger partial charge in [0.05, 0.1) is 0 Å². The Morgan fingerprint density at radius 2 is 1.73 bits per heavy atom. The van der Waals surface area contributed by atoms with Crippen LogP contribution in [0.5, 0.6) is 0 Å². The summed E-state index contributed by atoms with van der Waals surface area (Å²) in [7, 11) is 0.0302. The molecule has 1 heteroatoms. The SMILES string of the molecule is CC(C)(C)[SiH2]C1C=CCC=C1. The minimum absolute atomic E-state index is 0.0302. The van der Waals surface area contributed by atoms with Crippen molar-refractivity contribution in [1.29, 1.82) is 0 Å². The Morgan fingerprint density at radius 3 is 2.18 bits per heavy atom. The molecule has 0 aromatic heterocycles. The van der Waals surface area contributed by atoms with Crippen molar-refractivity contribution in [3.05, 3.63) is 24.3 Å². The fraction of sp³-hybridized carbons (Fsp3) is 0.600. The topological polar surface area (TPSA) is 0 Å². The lowest BCUT2D eigenvalue weighted by Crippen LogP contribution is -2.13. The van der Waals surface area contributed by atoms with Gasteiger partial charge in [-0.3, -0.25) is 0 Å². The van der Waals surface area contributed by atoms with Crippen molar-refractivity contribution in [3.8, 4) is 0 Å². The highest BCUT2D eigenvalue weighted by atomic mass is 28.2. The third kappa shape index (κ3) is 3.56. The molecule has 0 radical (unpaired) electrons. The molecule has 0 unspecified atom stereocenters. The lowest BCUT2D eigenvalue weighted by atomic mass is 10.2. The highest BCUT2D eigenvalue weighted by Gasteiger charge is 2.15. The van der Waals surface area contributed by atoms with Crippen LogP contribution < -0.4 is 0 Å². The van der Waals surface area contributed by atoms with Gasteiger partial charge in [0.2, 0.25) is 0 Å². The fourth-order valence-corrected chi connectivity index (χ4v) is 3.56. The Kier molecular flexibility index (Phi) is 2.71. The maximum absolute atomic E-state index is 2.39. The van der Waals surface area contributed by atoms with Gasteiger partial charge in [0.1, 0.15) is 0 Å². The van der Waals surface area contributed by atoms with E-state index in [9.17, 15) is 0 Å². The van der Waals surface area contributed by atoms with Gasteiger partial charge < -0.3 is 0 Å². The summed E-state index contributed by atoms with van der Waals surface area (Å²) in [5, 5.41) is 0.594. The molecule has 0 aromatic carbocycles. The Labute approximate surface area is 72.2 Å². The molecule has 0 aliphatic heterocycles. The van der Waals surface area contributed by atoms with E-state index in [0.717, 1.165) is 12.0 Å². The van der Waals surface area contributed by atoms with Gasteiger partial charge in [-0.25, -0.2) is 0 Å². The lowest BCUT2D eigenvalue weighted by molar-refractivity contribution is 0.746. The van der Waals surface area contributed by atoms with Crippen LogP contribution in [0, 0.1) is 0 Å². The van der Waals surface area contributed by atoms with E-state index in [0.29, 0.717) is 5.04 Å². The molecule has 11 heavy (non-hydrogen) atoms. The molecule has 1 aliphatic carbocycles. The summed E-state index contributed by atoms with van der Waals surface area (Å²) in [6.07, 6.45) is 10.5. The van der Waals surface area contributed by atoms with Crippen LogP contribution in [0.3, 0.4) is 0 Å². The van der Waals surface area contributed by atoms with E-state index in [-0.39, 0.29) is 9.52 Å². The number of hydrogen-bond acceptors (Lipinski definition) is 0. The van der Waals surface area contributed by atoms with Crippen LogP contribution in [0.1, 0.15) is 27.2 Å². The largest absolute Gasteiger partial charge is 0.0847 e. The summed E-state index contributed by atoms with van der Waals surface area (Å²) >= 11 is 0. The number of allylic oxidation sites excluding steroid dienone is 4. The van der Waals surface area contributed by atoms with Crippen LogP contribution in [-0.2, 0) is 0 Å². The first-order chi connectivity index (χ1) is 5.08. The summed E-state index contributed by atoms with van der Waals surface area (Å²) in [4.78, 5) is 0. The predicted molar refractivity (Wildman–Crippen MR) is 54.9 cm³/mol. The lowest BCUT2D eigenvalue weighted by Gasteiger charge is -2.21. The quantitative estimate of drug-likeness (QED) is 0.415. The maximum Gasteiger partial charge on any atom is 0.0385 e. The van der Waals surface area contributed by atoms with Crippen LogP contribution >= 0.6 is 0 Å². The minimum atomic E-state index is 0.0302. The second kappa shape index (κ2) is 3.40. The van der Waals surface area contributed by atoms with Crippen LogP contribution in [-0.4, -0.2) is 9.52 Å².